The molecule has 96 valence electrons. The topological polar surface area (TPSA) is 53.6 Å². The van der Waals surface area contributed by atoms with Crippen molar-refractivity contribution < 1.29 is 0 Å². The van der Waals surface area contributed by atoms with Crippen LogP contribution in [0.25, 0.3) is 10.9 Å². The molecule has 0 amide bonds. The van der Waals surface area contributed by atoms with Gasteiger partial charge in [0, 0.05) is 30.5 Å². The van der Waals surface area contributed by atoms with Gasteiger partial charge in [-0.2, -0.15) is 0 Å². The highest BCUT2D eigenvalue weighted by molar-refractivity contribution is 5.81. The number of aromatic nitrogens is 3. The van der Waals surface area contributed by atoms with Gasteiger partial charge in [-0.15, -0.1) is 0 Å². The molecule has 4 heteroatoms. The van der Waals surface area contributed by atoms with Gasteiger partial charge in [-0.05, 0) is 24.6 Å². The lowest BCUT2D eigenvalue weighted by Crippen LogP contribution is -2.19. The second-order valence-electron chi connectivity index (χ2n) is 4.56. The zero-order valence-corrected chi connectivity index (χ0v) is 10.8. The van der Waals surface area contributed by atoms with E-state index in [1.54, 1.807) is 6.20 Å². The summed E-state index contributed by atoms with van der Waals surface area (Å²) in [4.78, 5) is 11.8. The number of para-hydroxylation sites is 1. The summed E-state index contributed by atoms with van der Waals surface area (Å²) in [7, 11) is 0. The molecule has 19 heavy (non-hydrogen) atoms. The third-order valence-corrected chi connectivity index (χ3v) is 3.27. The van der Waals surface area contributed by atoms with Crippen molar-refractivity contribution in [3.05, 3.63) is 60.3 Å². The first kappa shape index (κ1) is 11.9. The van der Waals surface area contributed by atoms with Crippen molar-refractivity contribution in [3.8, 4) is 0 Å². The van der Waals surface area contributed by atoms with E-state index in [-0.39, 0.29) is 6.04 Å². The zero-order valence-electron chi connectivity index (χ0n) is 10.8. The summed E-state index contributed by atoms with van der Waals surface area (Å²) in [6, 6.07) is 10.5. The van der Waals surface area contributed by atoms with Crippen LogP contribution in [0.2, 0.25) is 0 Å². The fraction of sp³-hybridized carbons (Fsp3) is 0.200. The Hall–Kier alpha value is -2.20. The van der Waals surface area contributed by atoms with Crippen molar-refractivity contribution in [2.45, 2.75) is 19.5 Å². The molecule has 0 aliphatic carbocycles. The minimum Gasteiger partial charge on any atom is -0.347 e. The van der Waals surface area contributed by atoms with E-state index in [0.29, 0.717) is 0 Å². The summed E-state index contributed by atoms with van der Waals surface area (Å²) in [5.41, 5.74) is 2.29. The van der Waals surface area contributed by atoms with Gasteiger partial charge in [-0.3, -0.25) is 4.98 Å². The van der Waals surface area contributed by atoms with Gasteiger partial charge in [-0.25, -0.2) is 4.98 Å². The van der Waals surface area contributed by atoms with Crippen LogP contribution in [0.3, 0.4) is 0 Å². The van der Waals surface area contributed by atoms with Gasteiger partial charge in [-0.1, -0.05) is 18.2 Å². The van der Waals surface area contributed by atoms with E-state index in [9.17, 15) is 0 Å². The van der Waals surface area contributed by atoms with Crippen LogP contribution >= 0.6 is 0 Å². The van der Waals surface area contributed by atoms with Gasteiger partial charge >= 0.3 is 0 Å². The maximum Gasteiger partial charge on any atom is 0.122 e. The van der Waals surface area contributed by atoms with Gasteiger partial charge < -0.3 is 10.3 Å². The first-order valence-corrected chi connectivity index (χ1v) is 6.40. The second-order valence-corrected chi connectivity index (χ2v) is 4.56. The Morgan fingerprint density at radius 1 is 1.16 bits per heavy atom. The predicted octanol–water partition coefficient (Wildman–Crippen LogP) is 2.81. The molecule has 2 aromatic heterocycles. The standard InChI is InChI=1S/C15H16N4/c1-11(15-17-8-9-18-15)19-10-12-6-7-16-14-5-3-2-4-13(12)14/h2-9,11,19H,10H2,1H3,(H,17,18). The van der Waals surface area contributed by atoms with Crippen LogP contribution in [0.1, 0.15) is 24.4 Å². The molecular weight excluding hydrogens is 236 g/mol. The number of imidazole rings is 1. The molecule has 0 radical (unpaired) electrons. The molecule has 3 rings (SSSR count). The minimum absolute atomic E-state index is 0.196. The van der Waals surface area contributed by atoms with Crippen LogP contribution in [-0.4, -0.2) is 15.0 Å². The number of benzene rings is 1. The molecule has 0 saturated heterocycles. The molecule has 0 bridgehead atoms. The quantitative estimate of drug-likeness (QED) is 0.750. The number of pyridine rings is 1. The molecule has 1 aromatic carbocycles. The Kier molecular flexibility index (Phi) is 3.25. The highest BCUT2D eigenvalue weighted by Crippen LogP contribution is 2.17. The number of fused-ring (bicyclic) bond motifs is 1. The molecule has 3 aromatic rings. The maximum absolute atomic E-state index is 4.37. The van der Waals surface area contributed by atoms with E-state index in [4.69, 9.17) is 0 Å². The highest BCUT2D eigenvalue weighted by Gasteiger charge is 2.08. The van der Waals surface area contributed by atoms with E-state index < -0.39 is 0 Å². The van der Waals surface area contributed by atoms with Gasteiger partial charge in [0.15, 0.2) is 0 Å². The number of hydrogen-bond acceptors (Lipinski definition) is 3. The molecule has 0 spiro atoms. The van der Waals surface area contributed by atoms with Gasteiger partial charge in [0.2, 0.25) is 0 Å². The SMILES string of the molecule is CC(NCc1ccnc2ccccc12)c1ncc[nH]1. The Morgan fingerprint density at radius 2 is 2.05 bits per heavy atom. The average Bonchev–Trinajstić information content (AvgIpc) is 2.99. The summed E-state index contributed by atoms with van der Waals surface area (Å²) in [5.74, 6) is 0.957. The summed E-state index contributed by atoms with van der Waals surface area (Å²) in [6.07, 6.45) is 5.47. The first-order valence-electron chi connectivity index (χ1n) is 6.40. The fourth-order valence-corrected chi connectivity index (χ4v) is 2.18. The van der Waals surface area contributed by atoms with Crippen molar-refractivity contribution in [1.82, 2.24) is 20.3 Å². The number of aromatic amines is 1. The van der Waals surface area contributed by atoms with E-state index >= 15 is 0 Å². The maximum atomic E-state index is 4.37. The number of H-pyrrole nitrogens is 1. The second kappa shape index (κ2) is 5.20. The van der Waals surface area contributed by atoms with Crippen LogP contribution in [-0.2, 0) is 6.54 Å². The molecule has 0 saturated carbocycles. The normalized spacial score (nSPS) is 12.7. The summed E-state index contributed by atoms with van der Waals surface area (Å²) < 4.78 is 0. The molecular formula is C15H16N4. The van der Waals surface area contributed by atoms with Gasteiger partial charge in [0.1, 0.15) is 5.82 Å². The Balaban J connectivity index is 1.79. The third-order valence-electron chi connectivity index (χ3n) is 3.27. The average molecular weight is 252 g/mol. The number of nitrogens with one attached hydrogen (secondary N) is 2. The van der Waals surface area contributed by atoms with Crippen LogP contribution in [0.15, 0.2) is 48.9 Å². The predicted molar refractivity (Wildman–Crippen MR) is 75.6 cm³/mol. The monoisotopic (exact) mass is 252 g/mol. The molecule has 2 N–H and O–H groups in total. The van der Waals surface area contributed by atoms with Crippen LogP contribution < -0.4 is 5.32 Å². The van der Waals surface area contributed by atoms with Crippen molar-refractivity contribution in [3.63, 3.8) is 0 Å². The molecule has 4 nitrogen and oxygen atoms in total. The first-order chi connectivity index (χ1) is 9.34. The molecule has 0 aliphatic rings. The Bertz CT molecular complexity index is 655. The third kappa shape index (κ3) is 2.48. The number of hydrogen-bond donors (Lipinski definition) is 2. The lowest BCUT2D eigenvalue weighted by atomic mass is 10.1. The Labute approximate surface area is 111 Å². The lowest BCUT2D eigenvalue weighted by Gasteiger charge is -2.12. The summed E-state index contributed by atoms with van der Waals surface area (Å²) >= 11 is 0. The van der Waals surface area contributed by atoms with Crippen molar-refractivity contribution in [1.29, 1.82) is 0 Å². The van der Waals surface area contributed by atoms with Crippen molar-refractivity contribution >= 4 is 10.9 Å². The minimum atomic E-state index is 0.196. The van der Waals surface area contributed by atoms with Crippen molar-refractivity contribution in [2.24, 2.45) is 0 Å². The zero-order chi connectivity index (χ0) is 13.1. The molecule has 2 heterocycles. The van der Waals surface area contributed by atoms with Crippen molar-refractivity contribution in [2.75, 3.05) is 0 Å². The molecule has 0 aliphatic heterocycles. The summed E-state index contributed by atoms with van der Waals surface area (Å²) in [5, 5.41) is 4.67. The van der Waals surface area contributed by atoms with Crippen LogP contribution in [0.5, 0.6) is 0 Å². The summed E-state index contributed by atoms with van der Waals surface area (Å²) in [6.45, 7) is 2.90. The Morgan fingerprint density at radius 3 is 2.89 bits per heavy atom. The smallest absolute Gasteiger partial charge is 0.122 e. The van der Waals surface area contributed by atoms with Gasteiger partial charge in [0.05, 0.1) is 11.6 Å². The van der Waals surface area contributed by atoms with Gasteiger partial charge in [0.25, 0.3) is 0 Å². The van der Waals surface area contributed by atoms with Crippen LogP contribution in [0, 0.1) is 0 Å². The van der Waals surface area contributed by atoms with Crippen LogP contribution in [0.4, 0.5) is 0 Å². The molecule has 1 unspecified atom stereocenters. The lowest BCUT2D eigenvalue weighted by molar-refractivity contribution is 0.552. The fourth-order valence-electron chi connectivity index (χ4n) is 2.18. The molecule has 1 atom stereocenters. The van der Waals surface area contributed by atoms with E-state index in [1.165, 1.54) is 10.9 Å². The van der Waals surface area contributed by atoms with E-state index in [0.717, 1.165) is 17.9 Å². The number of nitrogens with zero attached hydrogens (tertiary/aromatic N) is 2. The highest BCUT2D eigenvalue weighted by atomic mass is 15.0. The largest absolute Gasteiger partial charge is 0.347 e. The molecule has 0 fully saturated rings. The number of rotatable bonds is 4. The van der Waals surface area contributed by atoms with E-state index in [1.807, 2.05) is 30.6 Å². The van der Waals surface area contributed by atoms with E-state index in [2.05, 4.69) is 39.3 Å².